The molecule has 0 aliphatic carbocycles. The fourth-order valence-electron chi connectivity index (χ4n) is 3.58. The van der Waals surface area contributed by atoms with Gasteiger partial charge in [-0.2, -0.15) is 0 Å². The van der Waals surface area contributed by atoms with E-state index in [1.807, 2.05) is 45.0 Å². The van der Waals surface area contributed by atoms with Crippen LogP contribution in [0.2, 0.25) is 0 Å². The molecule has 0 saturated carbocycles. The van der Waals surface area contributed by atoms with Crippen molar-refractivity contribution < 1.29 is 15.1 Å². The van der Waals surface area contributed by atoms with Crippen molar-refractivity contribution in [2.24, 2.45) is 0 Å². The molecule has 1 amide bonds. The van der Waals surface area contributed by atoms with Crippen molar-refractivity contribution in [1.29, 1.82) is 0 Å². The molecule has 2 aromatic carbocycles. The molecule has 1 aliphatic heterocycles. The molecular weight excluding hydrogens is 364 g/mol. The predicted octanol–water partition coefficient (Wildman–Crippen LogP) is 4.63. The van der Waals surface area contributed by atoms with Gasteiger partial charge in [-0.15, -0.1) is 5.75 Å². The molecule has 0 spiro atoms. The van der Waals surface area contributed by atoms with Gasteiger partial charge >= 0.3 is 0 Å². The number of amides is 1. The van der Waals surface area contributed by atoms with E-state index in [0.717, 1.165) is 21.8 Å². The van der Waals surface area contributed by atoms with Gasteiger partial charge in [0, 0.05) is 23.9 Å². The molecular formula is C24H29N2O3-. The van der Waals surface area contributed by atoms with Gasteiger partial charge in [0.1, 0.15) is 0 Å². The Morgan fingerprint density at radius 1 is 1.03 bits per heavy atom. The minimum Gasteiger partial charge on any atom is -0.872 e. The summed E-state index contributed by atoms with van der Waals surface area (Å²) in [4.78, 5) is 13.0. The molecule has 0 unspecified atom stereocenters. The third-order valence-corrected chi connectivity index (χ3v) is 5.17. The number of nitrogens with zero attached hydrogens (tertiary/aromatic N) is 1. The third-order valence-electron chi connectivity index (χ3n) is 5.17. The monoisotopic (exact) mass is 393 g/mol. The second kappa shape index (κ2) is 7.23. The number of para-hydroxylation sites is 1. The Morgan fingerprint density at radius 3 is 2.28 bits per heavy atom. The average molecular weight is 394 g/mol. The summed E-state index contributed by atoms with van der Waals surface area (Å²) < 4.78 is 0. The molecule has 2 aromatic rings. The van der Waals surface area contributed by atoms with Gasteiger partial charge in [0.25, 0.3) is 5.91 Å². The molecule has 2 N–H and O–H groups in total. The summed E-state index contributed by atoms with van der Waals surface area (Å²) in [5, 5.41) is 26.8. The van der Waals surface area contributed by atoms with Gasteiger partial charge in [-0.1, -0.05) is 71.4 Å². The van der Waals surface area contributed by atoms with Crippen LogP contribution in [0, 0.1) is 0 Å². The van der Waals surface area contributed by atoms with Crippen LogP contribution in [-0.4, -0.2) is 11.1 Å². The molecule has 5 nitrogen and oxygen atoms in total. The number of anilines is 2. The highest BCUT2D eigenvalue weighted by atomic mass is 16.5. The summed E-state index contributed by atoms with van der Waals surface area (Å²) in [5.41, 5.74) is 3.57. The number of fused-ring (bicyclic) bond motifs is 1. The van der Waals surface area contributed by atoms with E-state index in [4.69, 9.17) is 0 Å². The summed E-state index contributed by atoms with van der Waals surface area (Å²) in [6, 6.07) is 10.8. The lowest BCUT2D eigenvalue weighted by Gasteiger charge is -2.32. The second-order valence-electron chi connectivity index (χ2n) is 9.65. The van der Waals surface area contributed by atoms with Gasteiger partial charge in [0.2, 0.25) is 0 Å². The summed E-state index contributed by atoms with van der Waals surface area (Å²) in [7, 11) is 0. The molecule has 1 aliphatic rings. The summed E-state index contributed by atoms with van der Waals surface area (Å²) in [6.07, 6.45) is 1.84. The summed E-state index contributed by atoms with van der Waals surface area (Å²) >= 11 is 0. The van der Waals surface area contributed by atoms with E-state index in [0.29, 0.717) is 23.4 Å². The lowest BCUT2D eigenvalue weighted by molar-refractivity contribution is -0.270. The lowest BCUT2D eigenvalue weighted by atomic mass is 9.79. The standard InChI is InChI=1S/C24H30N2O3/c1-23(2,3)17-12-18(24(4,5)6)21(27)13-19(17)25-22(28)16-11-15-9-7-8-10-20(15)26(29)14-16/h7-10,12-14,27,29H,11H2,1-6H3,(H,25,28)/p-1. The minimum absolute atomic E-state index is 0.0902. The van der Waals surface area contributed by atoms with Gasteiger partial charge in [0.05, 0.1) is 5.69 Å². The third kappa shape index (κ3) is 4.30. The Labute approximate surface area is 172 Å². The maximum Gasteiger partial charge on any atom is 0.253 e. The normalized spacial score (nSPS) is 14.3. The van der Waals surface area contributed by atoms with Crippen LogP contribution in [0.25, 0.3) is 0 Å². The van der Waals surface area contributed by atoms with Crippen molar-refractivity contribution in [3.63, 3.8) is 0 Å². The van der Waals surface area contributed by atoms with Crippen molar-refractivity contribution in [1.82, 2.24) is 0 Å². The maximum absolute atomic E-state index is 13.0. The number of nitrogens with one attached hydrogen (secondary N) is 1. The minimum atomic E-state index is -0.327. The number of benzene rings is 2. The molecule has 0 saturated heterocycles. The van der Waals surface area contributed by atoms with Crippen LogP contribution in [0.4, 0.5) is 11.4 Å². The number of carbonyl (C=O) groups excluding carboxylic acids is 1. The van der Waals surface area contributed by atoms with Crippen LogP contribution in [0.5, 0.6) is 5.75 Å². The highest BCUT2D eigenvalue weighted by molar-refractivity contribution is 6.05. The van der Waals surface area contributed by atoms with Crippen molar-refractivity contribution in [3.8, 4) is 5.75 Å². The van der Waals surface area contributed by atoms with E-state index in [9.17, 15) is 15.1 Å². The van der Waals surface area contributed by atoms with E-state index in [2.05, 4.69) is 26.1 Å². The van der Waals surface area contributed by atoms with Crippen molar-refractivity contribution in [3.05, 3.63) is 64.9 Å². The topological polar surface area (TPSA) is 75.6 Å². The van der Waals surface area contributed by atoms with Gasteiger partial charge in [-0.25, -0.2) is 5.06 Å². The van der Waals surface area contributed by atoms with Gasteiger partial charge in [-0.3, -0.25) is 10.0 Å². The average Bonchev–Trinajstić information content (AvgIpc) is 2.59. The van der Waals surface area contributed by atoms with E-state index in [-0.39, 0.29) is 22.5 Å². The fourth-order valence-corrected chi connectivity index (χ4v) is 3.58. The van der Waals surface area contributed by atoms with Crippen LogP contribution in [0.1, 0.15) is 58.2 Å². The van der Waals surface area contributed by atoms with E-state index in [1.54, 1.807) is 6.07 Å². The van der Waals surface area contributed by atoms with Crippen LogP contribution < -0.4 is 15.5 Å². The molecule has 0 bridgehead atoms. The van der Waals surface area contributed by atoms with Crippen LogP contribution in [-0.2, 0) is 22.0 Å². The molecule has 0 aromatic heterocycles. The Morgan fingerprint density at radius 2 is 1.66 bits per heavy atom. The smallest absolute Gasteiger partial charge is 0.253 e. The molecule has 5 heteroatoms. The first-order chi connectivity index (χ1) is 13.4. The van der Waals surface area contributed by atoms with Crippen LogP contribution in [0.15, 0.2) is 48.2 Å². The first-order valence-electron chi connectivity index (χ1n) is 9.82. The largest absolute Gasteiger partial charge is 0.872 e. The Bertz CT molecular complexity index is 979. The number of rotatable bonds is 2. The van der Waals surface area contributed by atoms with Crippen LogP contribution in [0.3, 0.4) is 0 Å². The zero-order valence-corrected chi connectivity index (χ0v) is 18.0. The van der Waals surface area contributed by atoms with Gasteiger partial charge in [0.15, 0.2) is 0 Å². The summed E-state index contributed by atoms with van der Waals surface area (Å²) in [6.45, 7) is 12.2. The fraction of sp³-hybridized carbons (Fsp3) is 0.375. The van der Waals surface area contributed by atoms with Crippen molar-refractivity contribution in [2.45, 2.75) is 58.8 Å². The SMILES string of the molecule is CC(C)(C)c1cc(C(C)(C)C)c(NC(=O)C2=CN(O)c3ccccc3C2)cc1[O-]. The zero-order valence-electron chi connectivity index (χ0n) is 18.0. The van der Waals surface area contributed by atoms with Crippen molar-refractivity contribution in [2.75, 3.05) is 10.4 Å². The molecule has 1 heterocycles. The molecule has 0 radical (unpaired) electrons. The number of hydrogen-bond acceptors (Lipinski definition) is 4. The highest BCUT2D eigenvalue weighted by Crippen LogP contribution is 2.39. The van der Waals surface area contributed by atoms with E-state index in [1.165, 1.54) is 12.3 Å². The number of carbonyl (C=O) groups is 1. The Balaban J connectivity index is 1.96. The lowest BCUT2D eigenvalue weighted by Crippen LogP contribution is -2.26. The van der Waals surface area contributed by atoms with Gasteiger partial charge in [-0.05, 0) is 34.1 Å². The number of hydroxylamine groups is 1. The maximum atomic E-state index is 13.0. The van der Waals surface area contributed by atoms with E-state index < -0.39 is 0 Å². The molecule has 3 rings (SSSR count). The highest BCUT2D eigenvalue weighted by Gasteiger charge is 2.26. The zero-order chi connectivity index (χ0) is 21.6. The first-order valence-corrected chi connectivity index (χ1v) is 9.82. The Kier molecular flexibility index (Phi) is 5.22. The van der Waals surface area contributed by atoms with Crippen molar-refractivity contribution >= 4 is 17.3 Å². The Hall–Kier alpha value is -2.79. The molecule has 0 atom stereocenters. The molecule has 154 valence electrons. The molecule has 29 heavy (non-hydrogen) atoms. The van der Waals surface area contributed by atoms with Gasteiger partial charge < -0.3 is 10.4 Å². The number of hydrogen-bond donors (Lipinski definition) is 2. The van der Waals surface area contributed by atoms with Crippen LogP contribution >= 0.6 is 0 Å². The summed E-state index contributed by atoms with van der Waals surface area (Å²) in [5.74, 6) is -0.417. The first kappa shape index (κ1) is 20.9. The quantitative estimate of drug-likeness (QED) is 0.780. The predicted molar refractivity (Wildman–Crippen MR) is 114 cm³/mol. The molecule has 0 fully saturated rings. The van der Waals surface area contributed by atoms with E-state index >= 15 is 0 Å². The second-order valence-corrected chi connectivity index (χ2v) is 9.65.